The first-order valence-electron chi connectivity index (χ1n) is 5.30. The summed E-state index contributed by atoms with van der Waals surface area (Å²) in [5, 5.41) is 22.4. The molecule has 2 rings (SSSR count). The molecule has 0 aliphatic heterocycles. The van der Waals surface area contributed by atoms with Crippen molar-refractivity contribution < 1.29 is 15.0 Å². The van der Waals surface area contributed by atoms with E-state index in [9.17, 15) is 15.0 Å². The van der Waals surface area contributed by atoms with E-state index < -0.39 is 11.8 Å². The van der Waals surface area contributed by atoms with Gasteiger partial charge in [0.05, 0.1) is 6.21 Å². The third-order valence-corrected chi connectivity index (χ3v) is 2.20. The Morgan fingerprint density at radius 3 is 2.68 bits per heavy atom. The fourth-order valence-electron chi connectivity index (χ4n) is 1.30. The van der Waals surface area contributed by atoms with Crippen molar-refractivity contribution in [3.63, 3.8) is 0 Å². The number of carbonyl (C=O) groups excluding carboxylic acids is 1. The highest BCUT2D eigenvalue weighted by Gasteiger charge is 2.12. The summed E-state index contributed by atoms with van der Waals surface area (Å²) in [6, 6.07) is 6.52. The number of benzene rings is 1. The van der Waals surface area contributed by atoms with Gasteiger partial charge in [0.15, 0.2) is 5.69 Å². The molecule has 96 valence electrons. The van der Waals surface area contributed by atoms with Crippen LogP contribution >= 0.6 is 0 Å². The lowest BCUT2D eigenvalue weighted by molar-refractivity contribution is 0.0946. The minimum absolute atomic E-state index is 0.0443. The summed E-state index contributed by atoms with van der Waals surface area (Å²) < 4.78 is 0. The smallest absolute Gasteiger partial charge is 0.295 e. The standard InChI is InChI=1S/C12H10N4O3/c17-9-4-2-1-3-8(9)7-15-16-12(19)10-11(18)14-6-5-13-10/h1-7,17H,(H,14,18)(H,16,19). The van der Waals surface area contributed by atoms with E-state index in [1.54, 1.807) is 18.2 Å². The second-order valence-corrected chi connectivity index (χ2v) is 3.49. The number of nitrogens with one attached hydrogen (secondary N) is 1. The van der Waals surface area contributed by atoms with Crippen LogP contribution < -0.4 is 5.43 Å². The minimum Gasteiger partial charge on any atom is -0.507 e. The Balaban J connectivity index is 2.06. The first kappa shape index (κ1) is 12.5. The average Bonchev–Trinajstić information content (AvgIpc) is 2.41. The van der Waals surface area contributed by atoms with E-state index in [1.165, 1.54) is 24.7 Å². The van der Waals surface area contributed by atoms with Gasteiger partial charge in [0.25, 0.3) is 5.91 Å². The number of aromatic nitrogens is 2. The molecule has 7 heteroatoms. The minimum atomic E-state index is -0.697. The molecule has 0 saturated heterocycles. The monoisotopic (exact) mass is 258 g/mol. The van der Waals surface area contributed by atoms with Crippen LogP contribution in [0.3, 0.4) is 0 Å². The maximum atomic E-state index is 11.6. The molecular weight excluding hydrogens is 248 g/mol. The molecule has 0 spiro atoms. The van der Waals surface area contributed by atoms with Gasteiger partial charge >= 0.3 is 0 Å². The van der Waals surface area contributed by atoms with Crippen LogP contribution in [0.4, 0.5) is 0 Å². The summed E-state index contributed by atoms with van der Waals surface area (Å²) in [7, 11) is 0. The number of hydrogen-bond donors (Lipinski definition) is 3. The number of nitrogens with zero attached hydrogens (tertiary/aromatic N) is 3. The number of phenolic OH excluding ortho intramolecular Hbond substituents is 1. The number of phenols is 1. The number of carbonyl (C=O) groups is 1. The molecule has 0 aliphatic rings. The fourth-order valence-corrected chi connectivity index (χ4v) is 1.30. The zero-order valence-corrected chi connectivity index (χ0v) is 9.69. The highest BCUT2D eigenvalue weighted by atomic mass is 16.3. The normalized spacial score (nSPS) is 10.5. The molecule has 1 heterocycles. The van der Waals surface area contributed by atoms with E-state index in [0.29, 0.717) is 5.56 Å². The van der Waals surface area contributed by atoms with Crippen molar-refractivity contribution in [1.82, 2.24) is 15.4 Å². The Bertz CT molecular complexity index is 628. The van der Waals surface area contributed by atoms with Gasteiger partial charge in [0.2, 0.25) is 5.88 Å². The predicted octanol–water partition coefficient (Wildman–Crippen LogP) is 0.652. The van der Waals surface area contributed by atoms with E-state index in [2.05, 4.69) is 20.5 Å². The van der Waals surface area contributed by atoms with Gasteiger partial charge in [-0.1, -0.05) is 12.1 Å². The van der Waals surface area contributed by atoms with Gasteiger partial charge in [-0.2, -0.15) is 5.10 Å². The Hall–Kier alpha value is -2.96. The highest BCUT2D eigenvalue weighted by molar-refractivity contribution is 5.95. The van der Waals surface area contributed by atoms with Gasteiger partial charge in [-0.3, -0.25) is 4.79 Å². The molecule has 0 atom stereocenters. The number of hydrogen-bond acceptors (Lipinski definition) is 6. The van der Waals surface area contributed by atoms with E-state index >= 15 is 0 Å². The quantitative estimate of drug-likeness (QED) is 0.553. The molecular formula is C12H10N4O3. The number of rotatable bonds is 3. The molecule has 0 unspecified atom stereocenters. The van der Waals surface area contributed by atoms with Gasteiger partial charge in [0, 0.05) is 18.0 Å². The largest absolute Gasteiger partial charge is 0.507 e. The van der Waals surface area contributed by atoms with Crippen molar-refractivity contribution in [1.29, 1.82) is 0 Å². The van der Waals surface area contributed by atoms with Crippen molar-refractivity contribution >= 4 is 12.1 Å². The second kappa shape index (κ2) is 5.58. The van der Waals surface area contributed by atoms with Crippen molar-refractivity contribution in [2.45, 2.75) is 0 Å². The van der Waals surface area contributed by atoms with Gasteiger partial charge in [-0.05, 0) is 12.1 Å². The molecule has 0 saturated carbocycles. The molecule has 3 N–H and O–H groups in total. The zero-order chi connectivity index (χ0) is 13.7. The third-order valence-electron chi connectivity index (χ3n) is 2.20. The van der Waals surface area contributed by atoms with Gasteiger partial charge in [-0.25, -0.2) is 15.4 Å². The summed E-state index contributed by atoms with van der Waals surface area (Å²) in [5.74, 6) is -1.13. The molecule has 0 radical (unpaired) electrons. The SMILES string of the molecule is O=C(NN=Cc1ccccc1O)c1nccnc1O. The lowest BCUT2D eigenvalue weighted by Crippen LogP contribution is -2.19. The topological polar surface area (TPSA) is 108 Å². The van der Waals surface area contributed by atoms with Gasteiger partial charge in [-0.15, -0.1) is 0 Å². The van der Waals surface area contributed by atoms with Crippen LogP contribution in [0.5, 0.6) is 11.6 Å². The van der Waals surface area contributed by atoms with Crippen molar-refractivity contribution in [2.24, 2.45) is 5.10 Å². The van der Waals surface area contributed by atoms with E-state index in [0.717, 1.165) is 0 Å². The molecule has 1 aromatic carbocycles. The summed E-state index contributed by atoms with van der Waals surface area (Å²) >= 11 is 0. The lowest BCUT2D eigenvalue weighted by atomic mass is 10.2. The molecule has 0 bridgehead atoms. The molecule has 19 heavy (non-hydrogen) atoms. The van der Waals surface area contributed by atoms with Crippen molar-refractivity contribution in [2.75, 3.05) is 0 Å². The van der Waals surface area contributed by atoms with Crippen LogP contribution in [0.15, 0.2) is 41.8 Å². The first-order valence-corrected chi connectivity index (χ1v) is 5.30. The molecule has 2 aromatic rings. The lowest BCUT2D eigenvalue weighted by Gasteiger charge is -2.00. The summed E-state index contributed by atoms with van der Waals surface area (Å²) in [6.07, 6.45) is 3.82. The van der Waals surface area contributed by atoms with E-state index in [-0.39, 0.29) is 11.4 Å². The maximum Gasteiger partial charge on any atom is 0.295 e. The average molecular weight is 258 g/mol. The van der Waals surface area contributed by atoms with Crippen molar-refractivity contribution in [3.8, 4) is 11.6 Å². The van der Waals surface area contributed by atoms with Crippen LogP contribution in [0.25, 0.3) is 0 Å². The van der Waals surface area contributed by atoms with Crippen LogP contribution in [0.2, 0.25) is 0 Å². The zero-order valence-electron chi connectivity index (χ0n) is 9.69. The van der Waals surface area contributed by atoms with Gasteiger partial charge < -0.3 is 10.2 Å². The molecule has 7 nitrogen and oxygen atoms in total. The summed E-state index contributed by atoms with van der Waals surface area (Å²) in [5.41, 5.74) is 2.40. The first-order chi connectivity index (χ1) is 9.18. The van der Waals surface area contributed by atoms with Crippen LogP contribution in [0.1, 0.15) is 16.1 Å². The summed E-state index contributed by atoms with van der Waals surface area (Å²) in [4.78, 5) is 18.8. The number of amides is 1. The molecule has 0 fully saturated rings. The molecule has 1 amide bonds. The van der Waals surface area contributed by atoms with E-state index in [1.807, 2.05) is 0 Å². The van der Waals surface area contributed by atoms with Crippen LogP contribution in [-0.4, -0.2) is 32.3 Å². The number of hydrazone groups is 1. The summed E-state index contributed by atoms with van der Waals surface area (Å²) in [6.45, 7) is 0. The van der Waals surface area contributed by atoms with Crippen molar-refractivity contribution in [3.05, 3.63) is 47.9 Å². The Morgan fingerprint density at radius 2 is 1.95 bits per heavy atom. The van der Waals surface area contributed by atoms with Crippen LogP contribution in [-0.2, 0) is 0 Å². The second-order valence-electron chi connectivity index (χ2n) is 3.49. The third kappa shape index (κ3) is 3.03. The Labute approximate surface area is 108 Å². The Morgan fingerprint density at radius 1 is 1.21 bits per heavy atom. The Kier molecular flexibility index (Phi) is 3.67. The van der Waals surface area contributed by atoms with Crippen LogP contribution in [0, 0.1) is 0 Å². The highest BCUT2D eigenvalue weighted by Crippen LogP contribution is 2.12. The maximum absolute atomic E-state index is 11.6. The molecule has 1 aromatic heterocycles. The fraction of sp³-hybridized carbons (Fsp3) is 0. The van der Waals surface area contributed by atoms with Gasteiger partial charge in [0.1, 0.15) is 5.75 Å². The number of aromatic hydroxyl groups is 2. The van der Waals surface area contributed by atoms with E-state index in [4.69, 9.17) is 0 Å². The molecule has 0 aliphatic carbocycles. The number of para-hydroxylation sites is 1. The predicted molar refractivity (Wildman–Crippen MR) is 66.9 cm³/mol.